The normalized spacial score (nSPS) is 15.6. The predicted molar refractivity (Wildman–Crippen MR) is 65.8 cm³/mol. The summed E-state index contributed by atoms with van der Waals surface area (Å²) in [5.41, 5.74) is 2.20. The molecule has 3 rings (SSSR count). The lowest BCUT2D eigenvalue weighted by Gasteiger charge is -2.16. The molecule has 3 nitrogen and oxygen atoms in total. The number of aromatic nitrogens is 1. The molecule has 2 aromatic rings. The minimum Gasteiger partial charge on any atom is -0.371 e. The number of thiazole rings is 1. The topological polar surface area (TPSA) is 39.9 Å². The van der Waals surface area contributed by atoms with E-state index in [0.717, 1.165) is 23.3 Å². The maximum atomic E-state index is 8.81. The first kappa shape index (κ1) is 9.61. The van der Waals surface area contributed by atoms with E-state index in [4.69, 9.17) is 5.26 Å². The Kier molecular flexibility index (Phi) is 2.26. The summed E-state index contributed by atoms with van der Waals surface area (Å²) < 4.78 is 1.11. The highest BCUT2D eigenvalue weighted by atomic mass is 32.1. The second kappa shape index (κ2) is 3.76. The third kappa shape index (κ3) is 1.54. The molecule has 0 aliphatic carbocycles. The van der Waals surface area contributed by atoms with Crippen LogP contribution in [0.1, 0.15) is 17.8 Å². The van der Waals surface area contributed by atoms with E-state index in [1.165, 1.54) is 29.9 Å². The largest absolute Gasteiger partial charge is 0.371 e. The SMILES string of the molecule is N#Cc1nc2ccc(N3CCCC3)cc2s1. The number of hydrogen-bond donors (Lipinski definition) is 0. The zero-order chi connectivity index (χ0) is 11.0. The average molecular weight is 229 g/mol. The van der Waals surface area contributed by atoms with Gasteiger partial charge in [-0.2, -0.15) is 5.26 Å². The maximum absolute atomic E-state index is 8.81. The van der Waals surface area contributed by atoms with Crippen LogP contribution in [-0.4, -0.2) is 18.1 Å². The smallest absolute Gasteiger partial charge is 0.195 e. The van der Waals surface area contributed by atoms with E-state index in [0.29, 0.717) is 5.01 Å². The van der Waals surface area contributed by atoms with Gasteiger partial charge < -0.3 is 4.90 Å². The van der Waals surface area contributed by atoms with Crippen molar-refractivity contribution in [2.45, 2.75) is 12.8 Å². The van der Waals surface area contributed by atoms with Crippen molar-refractivity contribution >= 4 is 27.2 Å². The molecule has 1 aliphatic rings. The number of nitriles is 1. The molecule has 0 N–H and O–H groups in total. The number of benzene rings is 1. The first-order valence-electron chi connectivity index (χ1n) is 5.42. The van der Waals surface area contributed by atoms with Gasteiger partial charge in [0.15, 0.2) is 5.01 Å². The Balaban J connectivity index is 2.04. The van der Waals surface area contributed by atoms with Crippen LogP contribution in [0.2, 0.25) is 0 Å². The summed E-state index contributed by atoms with van der Waals surface area (Å²) in [6.45, 7) is 2.30. The van der Waals surface area contributed by atoms with Crippen LogP contribution in [0.25, 0.3) is 10.2 Å². The van der Waals surface area contributed by atoms with E-state index in [-0.39, 0.29) is 0 Å². The Morgan fingerprint density at radius 1 is 1.31 bits per heavy atom. The van der Waals surface area contributed by atoms with Gasteiger partial charge in [0.1, 0.15) is 6.07 Å². The van der Waals surface area contributed by atoms with Crippen molar-refractivity contribution in [3.8, 4) is 6.07 Å². The molecule has 0 atom stereocenters. The van der Waals surface area contributed by atoms with E-state index in [9.17, 15) is 0 Å². The molecule has 1 aromatic carbocycles. The zero-order valence-electron chi connectivity index (χ0n) is 8.81. The molecule has 80 valence electrons. The van der Waals surface area contributed by atoms with E-state index in [1.54, 1.807) is 0 Å². The Bertz CT molecular complexity index is 561. The van der Waals surface area contributed by atoms with Gasteiger partial charge in [-0.3, -0.25) is 0 Å². The second-order valence-corrected chi connectivity index (χ2v) is 5.01. The van der Waals surface area contributed by atoms with Gasteiger partial charge in [0, 0.05) is 18.8 Å². The van der Waals surface area contributed by atoms with E-state index in [1.807, 2.05) is 6.07 Å². The molecule has 0 bridgehead atoms. The summed E-state index contributed by atoms with van der Waals surface area (Å²) in [6, 6.07) is 8.37. The third-order valence-electron chi connectivity index (χ3n) is 2.94. The summed E-state index contributed by atoms with van der Waals surface area (Å²) in [5, 5.41) is 9.36. The molecule has 0 amide bonds. The zero-order valence-corrected chi connectivity index (χ0v) is 9.63. The summed E-state index contributed by atoms with van der Waals surface area (Å²) >= 11 is 1.47. The first-order chi connectivity index (χ1) is 7.86. The Labute approximate surface area is 97.9 Å². The highest BCUT2D eigenvalue weighted by molar-refractivity contribution is 7.19. The molecule has 1 fully saturated rings. The Morgan fingerprint density at radius 3 is 2.88 bits per heavy atom. The summed E-state index contributed by atoms with van der Waals surface area (Å²) in [6.07, 6.45) is 2.56. The molecular weight excluding hydrogens is 218 g/mol. The Hall–Kier alpha value is -1.60. The van der Waals surface area contributed by atoms with Crippen molar-refractivity contribution in [1.82, 2.24) is 4.98 Å². The first-order valence-corrected chi connectivity index (χ1v) is 6.24. The number of rotatable bonds is 1. The lowest BCUT2D eigenvalue weighted by Crippen LogP contribution is -2.17. The summed E-state index contributed by atoms with van der Waals surface area (Å²) in [4.78, 5) is 6.63. The number of fused-ring (bicyclic) bond motifs is 1. The molecule has 1 aliphatic heterocycles. The van der Waals surface area contributed by atoms with Crippen molar-refractivity contribution in [3.05, 3.63) is 23.2 Å². The van der Waals surface area contributed by atoms with Gasteiger partial charge in [-0.1, -0.05) is 0 Å². The maximum Gasteiger partial charge on any atom is 0.195 e. The van der Waals surface area contributed by atoms with Gasteiger partial charge in [-0.15, -0.1) is 11.3 Å². The van der Waals surface area contributed by atoms with Gasteiger partial charge in [-0.05, 0) is 31.0 Å². The number of hydrogen-bond acceptors (Lipinski definition) is 4. The van der Waals surface area contributed by atoms with Crippen molar-refractivity contribution in [3.63, 3.8) is 0 Å². The molecule has 0 unspecified atom stereocenters. The quantitative estimate of drug-likeness (QED) is 0.755. The summed E-state index contributed by atoms with van der Waals surface area (Å²) in [7, 11) is 0. The summed E-state index contributed by atoms with van der Waals surface area (Å²) in [5.74, 6) is 0. The molecule has 16 heavy (non-hydrogen) atoms. The molecule has 1 saturated heterocycles. The molecule has 1 aromatic heterocycles. The van der Waals surface area contributed by atoms with E-state index in [2.05, 4.69) is 28.1 Å². The van der Waals surface area contributed by atoms with Gasteiger partial charge >= 0.3 is 0 Å². The molecule has 0 radical (unpaired) electrons. The van der Waals surface area contributed by atoms with Crippen LogP contribution in [0.4, 0.5) is 5.69 Å². The van der Waals surface area contributed by atoms with Crippen molar-refractivity contribution in [1.29, 1.82) is 5.26 Å². The van der Waals surface area contributed by atoms with Crippen LogP contribution in [0.3, 0.4) is 0 Å². The standard InChI is InChI=1S/C12H11N3S/c13-8-12-14-10-4-3-9(7-11(10)16-12)15-5-1-2-6-15/h3-4,7H,1-2,5-6H2. The highest BCUT2D eigenvalue weighted by Gasteiger charge is 2.13. The van der Waals surface area contributed by atoms with Gasteiger partial charge in [0.05, 0.1) is 10.2 Å². The minimum absolute atomic E-state index is 0.550. The molecule has 0 spiro atoms. The minimum atomic E-state index is 0.550. The third-order valence-corrected chi connectivity index (χ3v) is 3.86. The number of anilines is 1. The van der Waals surface area contributed by atoms with Gasteiger partial charge in [-0.25, -0.2) is 4.98 Å². The molecule has 2 heterocycles. The van der Waals surface area contributed by atoms with Crippen LogP contribution < -0.4 is 4.90 Å². The van der Waals surface area contributed by atoms with E-state index < -0.39 is 0 Å². The van der Waals surface area contributed by atoms with Crippen LogP contribution >= 0.6 is 11.3 Å². The fourth-order valence-electron chi connectivity index (χ4n) is 2.13. The predicted octanol–water partition coefficient (Wildman–Crippen LogP) is 2.77. The van der Waals surface area contributed by atoms with Crippen molar-refractivity contribution in [2.75, 3.05) is 18.0 Å². The van der Waals surface area contributed by atoms with Gasteiger partial charge in [0.25, 0.3) is 0 Å². The second-order valence-electron chi connectivity index (χ2n) is 3.98. The average Bonchev–Trinajstić information content (AvgIpc) is 2.96. The number of nitrogens with zero attached hydrogens (tertiary/aromatic N) is 3. The molecule has 0 saturated carbocycles. The molecule has 4 heteroatoms. The van der Waals surface area contributed by atoms with Crippen LogP contribution in [0.5, 0.6) is 0 Å². The lowest BCUT2D eigenvalue weighted by molar-refractivity contribution is 0.949. The Morgan fingerprint density at radius 2 is 2.12 bits per heavy atom. The fraction of sp³-hybridized carbons (Fsp3) is 0.333. The van der Waals surface area contributed by atoms with Crippen LogP contribution in [-0.2, 0) is 0 Å². The van der Waals surface area contributed by atoms with Crippen LogP contribution in [0, 0.1) is 11.3 Å². The molecular formula is C12H11N3S. The van der Waals surface area contributed by atoms with Crippen molar-refractivity contribution in [2.24, 2.45) is 0 Å². The van der Waals surface area contributed by atoms with Gasteiger partial charge in [0.2, 0.25) is 0 Å². The highest BCUT2D eigenvalue weighted by Crippen LogP contribution is 2.28. The fourth-order valence-corrected chi connectivity index (χ4v) is 2.93. The van der Waals surface area contributed by atoms with Crippen molar-refractivity contribution < 1.29 is 0 Å². The lowest BCUT2D eigenvalue weighted by atomic mass is 10.3. The van der Waals surface area contributed by atoms with E-state index >= 15 is 0 Å². The monoisotopic (exact) mass is 229 g/mol. The van der Waals surface area contributed by atoms with Crippen LogP contribution in [0.15, 0.2) is 18.2 Å².